The molecule has 0 aliphatic carbocycles. The molecular formula is C11H6N2O6. The van der Waals surface area contributed by atoms with Crippen molar-refractivity contribution in [3.8, 4) is 0 Å². The number of carboxylic acids is 3. The number of carboxylic acid groups (broad SMARTS) is 3. The number of benzene rings is 1. The first-order valence-electron chi connectivity index (χ1n) is 4.90. The lowest BCUT2D eigenvalue weighted by Gasteiger charge is -2.08. The minimum atomic E-state index is -1.54. The lowest BCUT2D eigenvalue weighted by atomic mass is 9.98. The summed E-state index contributed by atoms with van der Waals surface area (Å²) in [6, 6.07) is 0.781. The average Bonchev–Trinajstić information content (AvgIpc) is 2.35. The predicted molar refractivity (Wildman–Crippen MR) is 60.4 cm³/mol. The van der Waals surface area contributed by atoms with E-state index in [1.807, 2.05) is 0 Å². The molecule has 0 aliphatic heterocycles. The largest absolute Gasteiger partial charge is 0.478 e. The second-order valence-electron chi connectivity index (χ2n) is 3.55. The van der Waals surface area contributed by atoms with Crippen LogP contribution in [0.5, 0.6) is 0 Å². The smallest absolute Gasteiger partial charge is 0.337 e. The van der Waals surface area contributed by atoms with E-state index in [1.54, 1.807) is 0 Å². The molecule has 0 radical (unpaired) electrons. The lowest BCUT2D eigenvalue weighted by Crippen LogP contribution is -2.12. The zero-order valence-electron chi connectivity index (χ0n) is 9.19. The van der Waals surface area contributed by atoms with Gasteiger partial charge in [-0.1, -0.05) is 0 Å². The fraction of sp³-hybridized carbons (Fsp3) is 0. The molecule has 0 bridgehead atoms. The van der Waals surface area contributed by atoms with E-state index >= 15 is 0 Å². The third-order valence-corrected chi connectivity index (χ3v) is 2.47. The summed E-state index contributed by atoms with van der Waals surface area (Å²) in [4.78, 5) is 40.6. The molecule has 1 aromatic heterocycles. The van der Waals surface area contributed by atoms with E-state index in [9.17, 15) is 14.4 Å². The fourth-order valence-electron chi connectivity index (χ4n) is 1.72. The van der Waals surface area contributed by atoms with Crippen molar-refractivity contribution in [1.82, 2.24) is 9.97 Å². The summed E-state index contributed by atoms with van der Waals surface area (Å²) in [6.07, 6.45) is 2.13. The van der Waals surface area contributed by atoms with E-state index in [4.69, 9.17) is 15.3 Å². The summed E-state index contributed by atoms with van der Waals surface area (Å²) in [5.41, 5.74) is -1.66. The lowest BCUT2D eigenvalue weighted by molar-refractivity contribution is 0.0651. The van der Waals surface area contributed by atoms with Crippen molar-refractivity contribution in [3.05, 3.63) is 35.3 Å². The van der Waals surface area contributed by atoms with Gasteiger partial charge in [-0.25, -0.2) is 24.4 Å². The molecule has 0 saturated heterocycles. The number of carbonyl (C=O) groups is 3. The van der Waals surface area contributed by atoms with Gasteiger partial charge in [-0.3, -0.25) is 0 Å². The molecule has 0 atom stereocenters. The van der Waals surface area contributed by atoms with Crippen LogP contribution in [-0.2, 0) is 0 Å². The van der Waals surface area contributed by atoms with E-state index < -0.39 is 29.0 Å². The number of aromatic nitrogens is 2. The first-order valence-corrected chi connectivity index (χ1v) is 4.90. The highest BCUT2D eigenvalue weighted by Gasteiger charge is 2.24. The van der Waals surface area contributed by atoms with Gasteiger partial charge in [0.05, 0.1) is 22.2 Å². The van der Waals surface area contributed by atoms with Crippen molar-refractivity contribution in [3.63, 3.8) is 0 Å². The third-order valence-electron chi connectivity index (χ3n) is 2.47. The summed E-state index contributed by atoms with van der Waals surface area (Å²) in [5.74, 6) is -4.43. The van der Waals surface area contributed by atoms with E-state index in [-0.39, 0.29) is 16.5 Å². The summed E-state index contributed by atoms with van der Waals surface area (Å²) in [7, 11) is 0. The first-order chi connectivity index (χ1) is 8.93. The van der Waals surface area contributed by atoms with Crippen LogP contribution in [0, 0.1) is 0 Å². The van der Waals surface area contributed by atoms with Crippen LogP contribution in [0.25, 0.3) is 10.9 Å². The minimum absolute atomic E-state index is 0.120. The highest BCUT2D eigenvalue weighted by molar-refractivity contribution is 6.15. The monoisotopic (exact) mass is 262 g/mol. The molecule has 1 heterocycles. The molecule has 0 saturated carbocycles. The third kappa shape index (κ3) is 1.95. The van der Waals surface area contributed by atoms with Crippen molar-refractivity contribution in [2.75, 3.05) is 0 Å². The Hall–Kier alpha value is -3.03. The Morgan fingerprint density at radius 1 is 0.947 bits per heavy atom. The van der Waals surface area contributed by atoms with Gasteiger partial charge in [0.2, 0.25) is 0 Å². The topological polar surface area (TPSA) is 138 Å². The van der Waals surface area contributed by atoms with Crippen LogP contribution >= 0.6 is 0 Å². The molecule has 3 N–H and O–H groups in total. The normalized spacial score (nSPS) is 10.3. The van der Waals surface area contributed by atoms with Crippen molar-refractivity contribution in [2.24, 2.45) is 0 Å². The van der Waals surface area contributed by atoms with Crippen molar-refractivity contribution in [2.45, 2.75) is 0 Å². The number of hydrogen-bond acceptors (Lipinski definition) is 5. The zero-order chi connectivity index (χ0) is 14.2. The number of aromatic carboxylic acids is 3. The standard InChI is InChI=1S/C11H6N2O6/c14-9(15)4-1-5(10(16)17)8-6(2-12-3-13-8)7(4)11(18)19/h1-3H,(H,14,15)(H,16,17)(H,18,19). The maximum Gasteiger partial charge on any atom is 0.337 e. The first kappa shape index (κ1) is 12.4. The molecule has 19 heavy (non-hydrogen) atoms. The molecule has 0 unspecified atom stereocenters. The number of fused-ring (bicyclic) bond motifs is 1. The molecule has 0 fully saturated rings. The van der Waals surface area contributed by atoms with Crippen LogP contribution in [0.1, 0.15) is 31.1 Å². The van der Waals surface area contributed by atoms with Crippen LogP contribution in [0.15, 0.2) is 18.6 Å². The van der Waals surface area contributed by atoms with Gasteiger partial charge in [-0.15, -0.1) is 0 Å². The van der Waals surface area contributed by atoms with E-state index in [0.29, 0.717) is 0 Å². The molecule has 0 amide bonds. The Morgan fingerprint density at radius 3 is 2.11 bits per heavy atom. The molecular weight excluding hydrogens is 256 g/mol. The van der Waals surface area contributed by atoms with Gasteiger partial charge in [0, 0.05) is 11.6 Å². The second kappa shape index (κ2) is 4.33. The molecule has 0 spiro atoms. The highest BCUT2D eigenvalue weighted by atomic mass is 16.4. The minimum Gasteiger partial charge on any atom is -0.478 e. The number of nitrogens with zero attached hydrogens (tertiary/aromatic N) is 2. The molecule has 8 nitrogen and oxygen atoms in total. The van der Waals surface area contributed by atoms with Crippen LogP contribution in [0.3, 0.4) is 0 Å². The molecule has 2 aromatic rings. The predicted octanol–water partition coefficient (Wildman–Crippen LogP) is 0.724. The Balaban J connectivity index is 3.03. The van der Waals surface area contributed by atoms with E-state index in [2.05, 4.69) is 9.97 Å². The summed E-state index contributed by atoms with van der Waals surface area (Å²) < 4.78 is 0. The second-order valence-corrected chi connectivity index (χ2v) is 3.55. The molecule has 8 heteroatoms. The Kier molecular flexibility index (Phi) is 2.83. The van der Waals surface area contributed by atoms with Gasteiger partial charge >= 0.3 is 17.9 Å². The maximum atomic E-state index is 11.2. The number of hydrogen-bond donors (Lipinski definition) is 3. The molecule has 2 rings (SSSR count). The molecule has 96 valence electrons. The van der Waals surface area contributed by atoms with Crippen molar-refractivity contribution < 1.29 is 29.7 Å². The SMILES string of the molecule is O=C(O)c1cc(C(=O)O)c2ncncc2c1C(=O)O. The van der Waals surface area contributed by atoms with Gasteiger partial charge in [-0.2, -0.15) is 0 Å². The Morgan fingerprint density at radius 2 is 1.58 bits per heavy atom. The summed E-state index contributed by atoms with van der Waals surface area (Å²) >= 11 is 0. The maximum absolute atomic E-state index is 11.2. The van der Waals surface area contributed by atoms with Crippen LogP contribution < -0.4 is 0 Å². The Labute approximate surface area is 105 Å². The van der Waals surface area contributed by atoms with Gasteiger partial charge in [0.15, 0.2) is 0 Å². The summed E-state index contributed by atoms with van der Waals surface area (Å²) in [5, 5.41) is 26.9. The summed E-state index contributed by atoms with van der Waals surface area (Å²) in [6.45, 7) is 0. The van der Waals surface area contributed by atoms with Crippen LogP contribution in [0.2, 0.25) is 0 Å². The van der Waals surface area contributed by atoms with Gasteiger partial charge in [-0.05, 0) is 6.07 Å². The van der Waals surface area contributed by atoms with E-state index in [1.165, 1.54) is 0 Å². The quantitative estimate of drug-likeness (QED) is 0.735. The fourth-order valence-corrected chi connectivity index (χ4v) is 1.72. The van der Waals surface area contributed by atoms with Crippen molar-refractivity contribution in [1.29, 1.82) is 0 Å². The van der Waals surface area contributed by atoms with Gasteiger partial charge in [0.25, 0.3) is 0 Å². The molecule has 0 aliphatic rings. The van der Waals surface area contributed by atoms with Gasteiger partial charge < -0.3 is 15.3 Å². The Bertz CT molecular complexity index is 724. The van der Waals surface area contributed by atoms with E-state index in [0.717, 1.165) is 18.6 Å². The van der Waals surface area contributed by atoms with Crippen LogP contribution in [-0.4, -0.2) is 43.2 Å². The number of rotatable bonds is 3. The average molecular weight is 262 g/mol. The van der Waals surface area contributed by atoms with Gasteiger partial charge in [0.1, 0.15) is 6.33 Å². The van der Waals surface area contributed by atoms with Crippen molar-refractivity contribution >= 4 is 28.8 Å². The molecule has 1 aromatic carbocycles. The van der Waals surface area contributed by atoms with Crippen LogP contribution in [0.4, 0.5) is 0 Å². The highest BCUT2D eigenvalue weighted by Crippen LogP contribution is 2.24. The zero-order valence-corrected chi connectivity index (χ0v) is 9.19.